The van der Waals surface area contributed by atoms with E-state index in [1.54, 1.807) is 72.8 Å². The Morgan fingerprint density at radius 3 is 2.30 bits per heavy atom. The molecular formula is C37H41F2N5O6. The first-order valence-corrected chi connectivity index (χ1v) is 16.3. The number of carbonyl (C=O) groups excluding carboxylic acids is 3. The van der Waals surface area contributed by atoms with E-state index >= 15 is 8.78 Å². The van der Waals surface area contributed by atoms with E-state index in [0.29, 0.717) is 17.5 Å². The van der Waals surface area contributed by atoms with Gasteiger partial charge in [-0.05, 0) is 37.0 Å². The van der Waals surface area contributed by atoms with Crippen molar-refractivity contribution in [1.82, 2.24) is 20.2 Å². The minimum atomic E-state index is -4.26. The van der Waals surface area contributed by atoms with Crippen LogP contribution in [-0.2, 0) is 33.9 Å². The lowest BCUT2D eigenvalue weighted by Gasteiger charge is -2.30. The molecule has 2 unspecified atom stereocenters. The van der Waals surface area contributed by atoms with E-state index in [1.165, 1.54) is 0 Å². The molecule has 3 amide bonds. The number of benzene rings is 3. The van der Waals surface area contributed by atoms with Gasteiger partial charge in [-0.25, -0.2) is 9.78 Å². The van der Waals surface area contributed by atoms with Crippen molar-refractivity contribution in [2.24, 2.45) is 0 Å². The van der Waals surface area contributed by atoms with Crippen molar-refractivity contribution in [3.05, 3.63) is 118 Å². The zero-order chi connectivity index (χ0) is 36.1. The van der Waals surface area contributed by atoms with Crippen LogP contribution in [0.15, 0.2) is 95.9 Å². The van der Waals surface area contributed by atoms with Crippen molar-refractivity contribution in [3.8, 4) is 11.4 Å². The lowest BCUT2D eigenvalue weighted by molar-refractivity contribution is -0.167. The summed E-state index contributed by atoms with van der Waals surface area (Å²) in [6.45, 7) is 2.97. The number of unbranched alkanes of at least 4 members (excludes halogenated alkanes) is 2. The first kappa shape index (κ1) is 37.4. The van der Waals surface area contributed by atoms with Crippen LogP contribution in [0.25, 0.3) is 11.4 Å². The number of aryl methyl sites for hydroxylation is 1. The fourth-order valence-electron chi connectivity index (χ4n) is 5.20. The number of alkyl halides is 2. The van der Waals surface area contributed by atoms with Gasteiger partial charge in [0.05, 0.1) is 12.2 Å². The molecule has 0 saturated heterocycles. The maximum Gasteiger partial charge on any atom is 0.412 e. The summed E-state index contributed by atoms with van der Waals surface area (Å²) in [5, 5.41) is 17.9. The number of hydrogen-bond acceptors (Lipinski definition) is 7. The van der Waals surface area contributed by atoms with Gasteiger partial charge in [-0.1, -0.05) is 104 Å². The summed E-state index contributed by atoms with van der Waals surface area (Å²) in [5.41, 5.74) is 1.42. The SMILES string of the molecule is CCCCCNC(=O)C(F)(F)C(O)C(Cc1ccccc1)NC(=O)Cn1c(-c2cccc(C)c2)ncc(NC(=O)OCc2ccccc2)c1=O. The van der Waals surface area contributed by atoms with Gasteiger partial charge in [0.2, 0.25) is 5.91 Å². The summed E-state index contributed by atoms with van der Waals surface area (Å²) in [4.78, 5) is 56.8. The molecule has 0 bridgehead atoms. The van der Waals surface area contributed by atoms with E-state index in [4.69, 9.17) is 4.74 Å². The van der Waals surface area contributed by atoms with Crippen molar-refractivity contribution in [3.63, 3.8) is 0 Å². The van der Waals surface area contributed by atoms with Gasteiger partial charge in [0.25, 0.3) is 11.5 Å². The van der Waals surface area contributed by atoms with Gasteiger partial charge in [0.1, 0.15) is 30.8 Å². The number of aliphatic hydroxyl groups is 1. The number of anilines is 1. The largest absolute Gasteiger partial charge is 0.444 e. The Bertz CT molecular complexity index is 1800. The van der Waals surface area contributed by atoms with Crippen LogP contribution in [0.5, 0.6) is 0 Å². The fraction of sp³-hybridized carbons (Fsp3) is 0.324. The van der Waals surface area contributed by atoms with Crippen molar-refractivity contribution in [2.75, 3.05) is 11.9 Å². The highest BCUT2D eigenvalue weighted by atomic mass is 19.3. The maximum atomic E-state index is 15.4. The Kier molecular flexibility index (Phi) is 13.3. The molecule has 11 nitrogen and oxygen atoms in total. The molecule has 0 spiro atoms. The average Bonchev–Trinajstić information content (AvgIpc) is 3.11. The summed E-state index contributed by atoms with van der Waals surface area (Å²) < 4.78 is 36.9. The van der Waals surface area contributed by atoms with Crippen LogP contribution in [0.4, 0.5) is 19.3 Å². The summed E-state index contributed by atoms with van der Waals surface area (Å²) in [5.74, 6) is -6.78. The molecule has 1 aromatic heterocycles. The molecule has 264 valence electrons. The molecule has 4 aromatic rings. The number of rotatable bonds is 16. The second-order valence-corrected chi connectivity index (χ2v) is 11.8. The Morgan fingerprint density at radius 2 is 1.64 bits per heavy atom. The molecule has 13 heteroatoms. The maximum absolute atomic E-state index is 15.4. The van der Waals surface area contributed by atoms with Gasteiger partial charge in [0.15, 0.2) is 0 Å². The number of nitrogens with zero attached hydrogens (tertiary/aromatic N) is 2. The predicted molar refractivity (Wildman–Crippen MR) is 184 cm³/mol. The zero-order valence-corrected chi connectivity index (χ0v) is 27.9. The van der Waals surface area contributed by atoms with Crippen LogP contribution in [-0.4, -0.2) is 57.2 Å². The number of ether oxygens (including phenoxy) is 1. The van der Waals surface area contributed by atoms with E-state index in [-0.39, 0.29) is 31.1 Å². The molecule has 1 heterocycles. The number of aromatic nitrogens is 2. The number of nitrogens with one attached hydrogen (secondary N) is 3. The molecule has 50 heavy (non-hydrogen) atoms. The predicted octanol–water partition coefficient (Wildman–Crippen LogP) is 5.00. The van der Waals surface area contributed by atoms with Gasteiger partial charge >= 0.3 is 12.0 Å². The van der Waals surface area contributed by atoms with Gasteiger partial charge < -0.3 is 20.5 Å². The molecule has 4 N–H and O–H groups in total. The van der Waals surface area contributed by atoms with Crippen LogP contribution in [0.1, 0.15) is 42.9 Å². The van der Waals surface area contributed by atoms with Crippen LogP contribution >= 0.6 is 0 Å². The third-order valence-corrected chi connectivity index (χ3v) is 7.84. The monoisotopic (exact) mass is 689 g/mol. The highest BCUT2D eigenvalue weighted by Gasteiger charge is 2.50. The first-order valence-electron chi connectivity index (χ1n) is 16.3. The summed E-state index contributed by atoms with van der Waals surface area (Å²) in [7, 11) is 0. The quantitative estimate of drug-likeness (QED) is 0.121. The molecule has 0 aliphatic carbocycles. The molecule has 0 aliphatic rings. The van der Waals surface area contributed by atoms with Gasteiger partial charge in [-0.3, -0.25) is 24.3 Å². The summed E-state index contributed by atoms with van der Waals surface area (Å²) >= 11 is 0. The second kappa shape index (κ2) is 17.8. The molecule has 0 saturated carbocycles. The minimum absolute atomic E-state index is 0.00647. The van der Waals surface area contributed by atoms with Crippen LogP contribution in [0, 0.1) is 6.92 Å². The van der Waals surface area contributed by atoms with E-state index < -0.39 is 48.1 Å². The smallest absolute Gasteiger partial charge is 0.412 e. The van der Waals surface area contributed by atoms with Crippen molar-refractivity contribution in [1.29, 1.82) is 0 Å². The first-order chi connectivity index (χ1) is 24.0. The Morgan fingerprint density at radius 1 is 0.960 bits per heavy atom. The number of hydrogen-bond donors (Lipinski definition) is 4. The molecule has 0 aliphatic heterocycles. The molecule has 3 aromatic carbocycles. The average molecular weight is 690 g/mol. The van der Waals surface area contributed by atoms with E-state index in [9.17, 15) is 24.3 Å². The van der Waals surface area contributed by atoms with Crippen molar-refractivity contribution >= 4 is 23.6 Å². The minimum Gasteiger partial charge on any atom is -0.444 e. The summed E-state index contributed by atoms with van der Waals surface area (Å²) in [6, 6.07) is 22.5. The number of carbonyl (C=O) groups is 3. The normalized spacial score (nSPS) is 12.4. The van der Waals surface area contributed by atoms with Gasteiger partial charge in [-0.2, -0.15) is 8.78 Å². The summed E-state index contributed by atoms with van der Waals surface area (Å²) in [6.07, 6.45) is -0.625. The fourth-order valence-corrected chi connectivity index (χ4v) is 5.20. The standard InChI is InChI=1S/C37H41F2N5O6/c1-3-4-11-19-40-35(48)37(38,39)32(46)29(21-26-14-7-5-8-15-26)42-31(45)23-44-33(28-18-12-13-25(2)20-28)41-22-30(34(44)47)43-36(49)50-24-27-16-9-6-10-17-27/h5-10,12-18,20,22,29,32,46H,3-4,11,19,21,23-24H2,1-2H3,(H,40,48)(H,42,45)(H,43,49). The van der Waals surface area contributed by atoms with Gasteiger partial charge in [0, 0.05) is 12.1 Å². The van der Waals surface area contributed by atoms with Gasteiger partial charge in [-0.15, -0.1) is 0 Å². The Hall–Kier alpha value is -5.43. The zero-order valence-electron chi connectivity index (χ0n) is 27.9. The highest BCUT2D eigenvalue weighted by Crippen LogP contribution is 2.24. The molecule has 0 radical (unpaired) electrons. The van der Waals surface area contributed by atoms with E-state index in [1.807, 2.05) is 26.0 Å². The molecule has 0 fully saturated rings. The van der Waals surface area contributed by atoms with E-state index in [2.05, 4.69) is 20.9 Å². The van der Waals surface area contributed by atoms with E-state index in [0.717, 1.165) is 34.7 Å². The Balaban J connectivity index is 1.60. The number of aliphatic hydroxyl groups excluding tert-OH is 1. The van der Waals surface area contributed by atoms with Crippen LogP contribution < -0.4 is 21.5 Å². The lowest BCUT2D eigenvalue weighted by atomic mass is 9.96. The topological polar surface area (TPSA) is 152 Å². The number of amides is 3. The van der Waals surface area contributed by atoms with Crippen molar-refractivity contribution in [2.45, 2.75) is 70.8 Å². The van der Waals surface area contributed by atoms with Crippen LogP contribution in [0.2, 0.25) is 0 Å². The highest BCUT2D eigenvalue weighted by molar-refractivity contribution is 5.85. The Labute approximate surface area is 288 Å². The van der Waals surface area contributed by atoms with Crippen LogP contribution in [0.3, 0.4) is 0 Å². The number of halogens is 2. The third-order valence-electron chi connectivity index (χ3n) is 7.84. The molecular weight excluding hydrogens is 648 g/mol. The molecule has 2 atom stereocenters. The molecule has 4 rings (SSSR count). The third kappa shape index (κ3) is 10.3. The van der Waals surface area contributed by atoms with Crippen molar-refractivity contribution < 1.29 is 33.0 Å². The lowest BCUT2D eigenvalue weighted by Crippen LogP contribution is -2.58. The second-order valence-electron chi connectivity index (χ2n) is 11.8.